The molecule has 1 unspecified atom stereocenters. The van der Waals surface area contributed by atoms with Crippen LogP contribution >= 0.6 is 24.8 Å². The van der Waals surface area contributed by atoms with Crippen LogP contribution in [0.2, 0.25) is 0 Å². The highest BCUT2D eigenvalue weighted by Gasteiger charge is 2.39. The standard InChI is InChI=1S/C28H32N2O2.2ClH/c1-31-27-14-8-7-13-26(27)30-19-17-29(18-20-30)16-15-28(24-10-3-2-4-11-24)22-32-21-23-9-5-6-12-25(23)28;;/h2-14H,15-22H2,1H3;2*1H. The molecule has 2 aliphatic rings. The summed E-state index contributed by atoms with van der Waals surface area (Å²) in [6.07, 6.45) is 1.06. The predicted molar refractivity (Wildman–Crippen MR) is 144 cm³/mol. The molecule has 4 nitrogen and oxygen atoms in total. The van der Waals surface area contributed by atoms with Crippen LogP contribution in [0.3, 0.4) is 0 Å². The number of hydrogen-bond acceptors (Lipinski definition) is 4. The summed E-state index contributed by atoms with van der Waals surface area (Å²) in [5.41, 5.74) is 5.23. The Bertz CT molecular complexity index is 1040. The minimum atomic E-state index is -0.0874. The van der Waals surface area contributed by atoms with Crippen LogP contribution in [0.5, 0.6) is 5.75 Å². The summed E-state index contributed by atoms with van der Waals surface area (Å²) in [4.78, 5) is 5.05. The number of para-hydroxylation sites is 2. The molecule has 0 spiro atoms. The van der Waals surface area contributed by atoms with Gasteiger partial charge in [0.15, 0.2) is 0 Å². The van der Waals surface area contributed by atoms with Gasteiger partial charge in [0, 0.05) is 31.6 Å². The number of piperazine rings is 1. The van der Waals surface area contributed by atoms with Gasteiger partial charge in [0.1, 0.15) is 5.75 Å². The van der Waals surface area contributed by atoms with Crippen LogP contribution in [0.1, 0.15) is 23.1 Å². The van der Waals surface area contributed by atoms with E-state index in [1.807, 2.05) is 12.1 Å². The molecule has 34 heavy (non-hydrogen) atoms. The summed E-state index contributed by atoms with van der Waals surface area (Å²) in [5.74, 6) is 0.958. The Morgan fingerprint density at radius 2 is 1.50 bits per heavy atom. The zero-order chi connectivity index (χ0) is 21.8. The molecule has 0 saturated carbocycles. The highest BCUT2D eigenvalue weighted by molar-refractivity contribution is 5.85. The molecule has 2 aliphatic heterocycles. The van der Waals surface area contributed by atoms with Crippen molar-refractivity contribution in [3.05, 3.63) is 95.6 Å². The maximum Gasteiger partial charge on any atom is 0.142 e. The number of benzene rings is 3. The van der Waals surface area contributed by atoms with Crippen molar-refractivity contribution in [1.82, 2.24) is 4.90 Å². The van der Waals surface area contributed by atoms with Crippen LogP contribution in [0.15, 0.2) is 78.9 Å². The fourth-order valence-corrected chi connectivity index (χ4v) is 5.33. The predicted octanol–water partition coefficient (Wildman–Crippen LogP) is 5.57. The lowest BCUT2D eigenvalue weighted by Crippen LogP contribution is -2.48. The summed E-state index contributed by atoms with van der Waals surface area (Å²) >= 11 is 0. The van der Waals surface area contributed by atoms with Crippen LogP contribution < -0.4 is 9.64 Å². The fourth-order valence-electron chi connectivity index (χ4n) is 5.33. The zero-order valence-corrected chi connectivity index (χ0v) is 21.3. The third-order valence-electron chi connectivity index (χ3n) is 7.12. The molecule has 0 aromatic heterocycles. The molecule has 3 aromatic carbocycles. The number of halogens is 2. The van der Waals surface area contributed by atoms with Gasteiger partial charge in [-0.15, -0.1) is 24.8 Å². The van der Waals surface area contributed by atoms with E-state index in [-0.39, 0.29) is 30.2 Å². The molecule has 3 aromatic rings. The molecule has 1 atom stereocenters. The number of hydrogen-bond donors (Lipinski definition) is 0. The Balaban J connectivity index is 0.00000162. The Morgan fingerprint density at radius 1 is 0.824 bits per heavy atom. The van der Waals surface area contributed by atoms with E-state index in [0.717, 1.165) is 51.5 Å². The van der Waals surface area contributed by atoms with Crippen LogP contribution in [0, 0.1) is 0 Å². The Morgan fingerprint density at radius 3 is 2.26 bits per heavy atom. The first-order chi connectivity index (χ1) is 15.8. The molecule has 0 N–H and O–H groups in total. The van der Waals surface area contributed by atoms with Gasteiger partial charge < -0.3 is 14.4 Å². The van der Waals surface area contributed by atoms with Gasteiger partial charge >= 0.3 is 0 Å². The summed E-state index contributed by atoms with van der Waals surface area (Å²) < 4.78 is 11.7. The molecular formula is C28H34Cl2N2O2. The molecule has 0 bridgehead atoms. The van der Waals surface area contributed by atoms with Gasteiger partial charge in [0.25, 0.3) is 0 Å². The third kappa shape index (κ3) is 5.21. The third-order valence-corrected chi connectivity index (χ3v) is 7.12. The average Bonchev–Trinajstić information content (AvgIpc) is 2.88. The van der Waals surface area contributed by atoms with E-state index in [2.05, 4.69) is 76.5 Å². The number of methoxy groups -OCH3 is 1. The van der Waals surface area contributed by atoms with Crippen molar-refractivity contribution in [2.45, 2.75) is 18.4 Å². The number of fused-ring (bicyclic) bond motifs is 1. The van der Waals surface area contributed by atoms with E-state index in [9.17, 15) is 0 Å². The van der Waals surface area contributed by atoms with Gasteiger partial charge in [-0.2, -0.15) is 0 Å². The largest absolute Gasteiger partial charge is 0.495 e. The van der Waals surface area contributed by atoms with Crippen molar-refractivity contribution < 1.29 is 9.47 Å². The van der Waals surface area contributed by atoms with Gasteiger partial charge in [-0.05, 0) is 41.8 Å². The monoisotopic (exact) mass is 500 g/mol. The number of rotatable bonds is 6. The molecule has 0 aliphatic carbocycles. The SMILES string of the molecule is COc1ccccc1N1CCN(CCC2(c3ccccc3)COCc3ccccc32)CC1.Cl.Cl. The Labute approximate surface area is 215 Å². The molecule has 0 amide bonds. The van der Waals surface area contributed by atoms with Crippen LogP contribution in [-0.2, 0) is 16.8 Å². The number of ether oxygens (including phenoxy) is 2. The second-order valence-electron chi connectivity index (χ2n) is 8.85. The molecule has 2 heterocycles. The smallest absolute Gasteiger partial charge is 0.142 e. The van der Waals surface area contributed by atoms with Crippen molar-refractivity contribution in [2.75, 3.05) is 51.3 Å². The van der Waals surface area contributed by atoms with Crippen LogP contribution in [0.25, 0.3) is 0 Å². The molecule has 5 rings (SSSR count). The van der Waals surface area contributed by atoms with Gasteiger partial charge in [-0.1, -0.05) is 66.7 Å². The maximum absolute atomic E-state index is 6.17. The number of nitrogens with zero attached hydrogens (tertiary/aromatic N) is 2. The normalized spacial score (nSPS) is 20.0. The van der Waals surface area contributed by atoms with Crippen molar-refractivity contribution in [1.29, 1.82) is 0 Å². The summed E-state index contributed by atoms with van der Waals surface area (Å²) in [6.45, 7) is 6.68. The second kappa shape index (κ2) is 11.9. The van der Waals surface area contributed by atoms with Crippen molar-refractivity contribution in [3.8, 4) is 5.75 Å². The van der Waals surface area contributed by atoms with E-state index < -0.39 is 0 Å². The maximum atomic E-state index is 6.17. The minimum Gasteiger partial charge on any atom is -0.495 e. The minimum absolute atomic E-state index is 0. The van der Waals surface area contributed by atoms with E-state index in [1.165, 1.54) is 22.4 Å². The lowest BCUT2D eigenvalue weighted by molar-refractivity contribution is 0.0572. The lowest BCUT2D eigenvalue weighted by Gasteiger charge is -2.42. The quantitative estimate of drug-likeness (QED) is 0.441. The van der Waals surface area contributed by atoms with Gasteiger partial charge in [-0.3, -0.25) is 4.90 Å². The molecule has 6 heteroatoms. The summed E-state index contributed by atoms with van der Waals surface area (Å²) in [5, 5.41) is 0. The van der Waals surface area contributed by atoms with Gasteiger partial charge in [0.05, 0.1) is 26.0 Å². The molecular weight excluding hydrogens is 467 g/mol. The summed E-state index contributed by atoms with van der Waals surface area (Å²) in [6, 6.07) is 28.1. The Kier molecular flexibility index (Phi) is 9.26. The van der Waals surface area contributed by atoms with E-state index >= 15 is 0 Å². The second-order valence-corrected chi connectivity index (χ2v) is 8.85. The van der Waals surface area contributed by atoms with Crippen molar-refractivity contribution >= 4 is 30.5 Å². The highest BCUT2D eigenvalue weighted by Crippen LogP contribution is 2.41. The first-order valence-corrected chi connectivity index (χ1v) is 11.6. The van der Waals surface area contributed by atoms with E-state index in [1.54, 1.807) is 7.11 Å². The van der Waals surface area contributed by atoms with E-state index in [0.29, 0.717) is 6.61 Å². The van der Waals surface area contributed by atoms with Crippen LogP contribution in [0.4, 0.5) is 5.69 Å². The van der Waals surface area contributed by atoms with Gasteiger partial charge in [-0.25, -0.2) is 0 Å². The van der Waals surface area contributed by atoms with E-state index in [4.69, 9.17) is 9.47 Å². The molecule has 1 saturated heterocycles. The lowest BCUT2D eigenvalue weighted by atomic mass is 9.70. The number of anilines is 1. The molecule has 1 fully saturated rings. The highest BCUT2D eigenvalue weighted by atomic mass is 35.5. The first-order valence-electron chi connectivity index (χ1n) is 11.6. The van der Waals surface area contributed by atoms with Crippen molar-refractivity contribution in [2.24, 2.45) is 0 Å². The van der Waals surface area contributed by atoms with Crippen LogP contribution in [-0.4, -0.2) is 51.3 Å². The Hall–Kier alpha value is -2.24. The first kappa shape index (κ1) is 26.4. The summed E-state index contributed by atoms with van der Waals surface area (Å²) in [7, 11) is 1.75. The zero-order valence-electron chi connectivity index (χ0n) is 19.7. The van der Waals surface area contributed by atoms with Gasteiger partial charge in [0.2, 0.25) is 0 Å². The fraction of sp³-hybridized carbons (Fsp3) is 0.357. The molecule has 182 valence electrons. The average molecular weight is 501 g/mol. The van der Waals surface area contributed by atoms with Crippen molar-refractivity contribution in [3.63, 3.8) is 0 Å². The molecule has 0 radical (unpaired) electrons. The topological polar surface area (TPSA) is 24.9 Å².